The van der Waals surface area contributed by atoms with Gasteiger partial charge in [-0.25, -0.2) is 4.79 Å². The molecule has 3 heterocycles. The van der Waals surface area contributed by atoms with Gasteiger partial charge in [-0.1, -0.05) is 0 Å². The summed E-state index contributed by atoms with van der Waals surface area (Å²) in [4.78, 5) is 20.9. The number of nitrogens with zero attached hydrogens (tertiary/aromatic N) is 4. The van der Waals surface area contributed by atoms with Crippen LogP contribution in [0.3, 0.4) is 0 Å². The zero-order chi connectivity index (χ0) is 15.7. The van der Waals surface area contributed by atoms with Crippen LogP contribution >= 0.6 is 23.4 Å². The molecule has 1 aliphatic rings. The molecular weight excluding hydrogens is 328 g/mol. The van der Waals surface area contributed by atoms with E-state index in [1.165, 1.54) is 16.7 Å². The van der Waals surface area contributed by atoms with Gasteiger partial charge in [-0.2, -0.15) is 15.1 Å². The molecule has 0 aliphatic carbocycles. The third-order valence-corrected chi connectivity index (χ3v) is 4.44. The molecule has 0 spiro atoms. The van der Waals surface area contributed by atoms with Crippen LogP contribution in [0, 0.1) is 0 Å². The summed E-state index contributed by atoms with van der Waals surface area (Å²) in [6.07, 6.45) is 2.71. The number of aromatic nitrogens is 4. The number of hydrogen-bond acceptors (Lipinski definition) is 6. The van der Waals surface area contributed by atoms with Crippen molar-refractivity contribution in [3.63, 3.8) is 0 Å². The largest absolute Gasteiger partial charge is 0.465 e. The zero-order valence-electron chi connectivity index (χ0n) is 11.8. The van der Waals surface area contributed by atoms with Crippen molar-refractivity contribution < 1.29 is 9.90 Å². The fraction of sp³-hybridized carbons (Fsp3) is 0.500. The quantitative estimate of drug-likeness (QED) is 0.580. The van der Waals surface area contributed by atoms with Gasteiger partial charge < -0.3 is 15.3 Å². The summed E-state index contributed by atoms with van der Waals surface area (Å²) in [5.41, 5.74) is 0.567. The molecule has 1 saturated heterocycles. The van der Waals surface area contributed by atoms with Crippen molar-refractivity contribution in [3.05, 3.63) is 5.28 Å². The summed E-state index contributed by atoms with van der Waals surface area (Å²) < 4.78 is 0. The van der Waals surface area contributed by atoms with Gasteiger partial charge in [-0.05, 0) is 30.7 Å². The number of aromatic amines is 1. The maximum Gasteiger partial charge on any atom is 0.407 e. The first kappa shape index (κ1) is 15.2. The highest BCUT2D eigenvalue weighted by Crippen LogP contribution is 2.30. The van der Waals surface area contributed by atoms with E-state index >= 15 is 0 Å². The van der Waals surface area contributed by atoms with Crippen LogP contribution in [0.15, 0.2) is 5.03 Å². The lowest BCUT2D eigenvalue weighted by Gasteiger charge is -2.31. The number of anilines is 1. The number of rotatable bonds is 3. The van der Waals surface area contributed by atoms with Gasteiger partial charge in [-0.3, -0.25) is 5.10 Å². The predicted molar refractivity (Wildman–Crippen MR) is 84.7 cm³/mol. The molecule has 8 nitrogen and oxygen atoms in total. The van der Waals surface area contributed by atoms with E-state index < -0.39 is 6.09 Å². The number of likely N-dealkylation sites (tertiary alicyclic amines) is 1. The van der Waals surface area contributed by atoms with Gasteiger partial charge in [0.05, 0.1) is 5.39 Å². The first-order valence-corrected chi connectivity index (χ1v) is 8.38. The van der Waals surface area contributed by atoms with Crippen LogP contribution in [0.1, 0.15) is 12.8 Å². The Kier molecular flexibility index (Phi) is 4.25. The Morgan fingerprint density at radius 2 is 2.36 bits per heavy atom. The minimum Gasteiger partial charge on any atom is -0.465 e. The lowest BCUT2D eigenvalue weighted by molar-refractivity contribution is 0.133. The lowest BCUT2D eigenvalue weighted by atomic mass is 10.1. The number of halogens is 1. The van der Waals surface area contributed by atoms with Crippen LogP contribution in [0.4, 0.5) is 10.6 Å². The second-order valence-corrected chi connectivity index (χ2v) is 6.14. The maximum absolute atomic E-state index is 11.1. The Morgan fingerprint density at radius 3 is 3.09 bits per heavy atom. The summed E-state index contributed by atoms with van der Waals surface area (Å²) >= 11 is 7.43. The van der Waals surface area contributed by atoms with Crippen molar-refractivity contribution in [1.29, 1.82) is 0 Å². The molecule has 3 N–H and O–H groups in total. The third kappa shape index (κ3) is 2.91. The first-order chi connectivity index (χ1) is 10.6. The second-order valence-electron chi connectivity index (χ2n) is 5.01. The van der Waals surface area contributed by atoms with Crippen molar-refractivity contribution in [1.82, 2.24) is 25.1 Å². The maximum atomic E-state index is 11.1. The van der Waals surface area contributed by atoms with Crippen molar-refractivity contribution >= 4 is 46.3 Å². The molecule has 0 unspecified atom stereocenters. The summed E-state index contributed by atoms with van der Waals surface area (Å²) in [5.74, 6) is 0.588. The van der Waals surface area contributed by atoms with E-state index in [-0.39, 0.29) is 11.3 Å². The second kappa shape index (κ2) is 6.17. The van der Waals surface area contributed by atoms with E-state index in [1.807, 2.05) is 6.26 Å². The topological polar surface area (TPSA) is 107 Å². The molecule has 1 fully saturated rings. The minimum atomic E-state index is -0.898. The van der Waals surface area contributed by atoms with E-state index in [1.54, 1.807) is 0 Å². The van der Waals surface area contributed by atoms with E-state index in [2.05, 4.69) is 25.5 Å². The van der Waals surface area contributed by atoms with Crippen molar-refractivity contribution in [2.45, 2.75) is 23.9 Å². The van der Waals surface area contributed by atoms with Crippen LogP contribution in [-0.4, -0.2) is 61.7 Å². The van der Waals surface area contributed by atoms with E-state index in [9.17, 15) is 4.79 Å². The van der Waals surface area contributed by atoms with E-state index in [4.69, 9.17) is 16.7 Å². The molecule has 0 bridgehead atoms. The van der Waals surface area contributed by atoms with Gasteiger partial charge in [0.15, 0.2) is 5.65 Å². The van der Waals surface area contributed by atoms with E-state index in [0.29, 0.717) is 24.6 Å². The minimum absolute atomic E-state index is 0.0105. The van der Waals surface area contributed by atoms with Gasteiger partial charge in [0.25, 0.3) is 0 Å². The standard InChI is InChI=1S/C12H15ClN6O2S/c1-22-10-7-8(15-11(13)16-9(7)17-18-10)14-6-3-2-4-19(5-6)12(20)21/h6H,2-5H2,1H3,(H,20,21)(H2,14,15,16,17,18)/t6-/m1/s1. The summed E-state index contributed by atoms with van der Waals surface area (Å²) in [6, 6.07) is -0.0105. The number of amides is 1. The molecule has 10 heteroatoms. The molecule has 3 rings (SSSR count). The van der Waals surface area contributed by atoms with Gasteiger partial charge in [0, 0.05) is 19.1 Å². The molecule has 118 valence electrons. The Hall–Kier alpha value is -1.74. The molecule has 22 heavy (non-hydrogen) atoms. The van der Waals surface area contributed by atoms with Crippen molar-refractivity contribution in [2.75, 3.05) is 24.7 Å². The molecule has 2 aromatic rings. The number of fused-ring (bicyclic) bond motifs is 1. The van der Waals surface area contributed by atoms with Gasteiger partial charge in [-0.15, -0.1) is 11.8 Å². The van der Waals surface area contributed by atoms with Gasteiger partial charge in [0.1, 0.15) is 10.8 Å². The molecule has 0 saturated carbocycles. The third-order valence-electron chi connectivity index (χ3n) is 3.59. The Labute approximate surface area is 135 Å². The highest BCUT2D eigenvalue weighted by Gasteiger charge is 2.25. The predicted octanol–water partition coefficient (Wildman–Crippen LogP) is 2.28. The van der Waals surface area contributed by atoms with Crippen molar-refractivity contribution in [2.24, 2.45) is 0 Å². The van der Waals surface area contributed by atoms with E-state index in [0.717, 1.165) is 23.3 Å². The van der Waals surface area contributed by atoms with Crippen LogP contribution in [-0.2, 0) is 0 Å². The molecule has 2 aromatic heterocycles. The first-order valence-electron chi connectivity index (χ1n) is 6.78. The average molecular weight is 343 g/mol. The highest BCUT2D eigenvalue weighted by molar-refractivity contribution is 7.98. The SMILES string of the molecule is CSc1n[nH]c2nc(Cl)nc(N[C@@H]3CCCN(C(=O)O)C3)c12. The highest BCUT2D eigenvalue weighted by atomic mass is 35.5. The van der Waals surface area contributed by atoms with Crippen molar-refractivity contribution in [3.8, 4) is 0 Å². The fourth-order valence-corrected chi connectivity index (χ4v) is 3.29. The molecule has 0 aromatic carbocycles. The number of carbonyl (C=O) groups is 1. The molecule has 1 atom stereocenters. The molecule has 0 radical (unpaired) electrons. The van der Waals surface area contributed by atoms with Crippen LogP contribution in [0.5, 0.6) is 0 Å². The molecular formula is C12H15ClN6O2S. The Balaban J connectivity index is 1.89. The number of H-pyrrole nitrogens is 1. The fourth-order valence-electron chi connectivity index (χ4n) is 2.59. The number of thioether (sulfide) groups is 1. The van der Waals surface area contributed by atoms with Gasteiger partial charge >= 0.3 is 6.09 Å². The Morgan fingerprint density at radius 1 is 1.55 bits per heavy atom. The van der Waals surface area contributed by atoms with Crippen LogP contribution in [0.2, 0.25) is 5.28 Å². The number of carboxylic acid groups (broad SMARTS) is 1. The summed E-state index contributed by atoms with van der Waals surface area (Å²) in [7, 11) is 0. The normalized spacial score (nSPS) is 18.6. The Bertz CT molecular complexity index is 708. The smallest absolute Gasteiger partial charge is 0.407 e. The monoisotopic (exact) mass is 342 g/mol. The number of nitrogens with one attached hydrogen (secondary N) is 2. The van der Waals surface area contributed by atoms with Gasteiger partial charge in [0.2, 0.25) is 5.28 Å². The summed E-state index contributed by atoms with van der Waals surface area (Å²) in [6.45, 7) is 0.986. The zero-order valence-corrected chi connectivity index (χ0v) is 13.4. The number of piperidine rings is 1. The number of hydrogen-bond donors (Lipinski definition) is 3. The van der Waals surface area contributed by atoms with Crippen LogP contribution in [0.25, 0.3) is 11.0 Å². The average Bonchev–Trinajstić information content (AvgIpc) is 2.90. The lowest BCUT2D eigenvalue weighted by Crippen LogP contribution is -2.44. The summed E-state index contributed by atoms with van der Waals surface area (Å²) in [5, 5.41) is 21.1. The molecule has 1 amide bonds. The van der Waals surface area contributed by atoms with Crippen LogP contribution < -0.4 is 5.32 Å². The molecule has 1 aliphatic heterocycles.